The van der Waals surface area contributed by atoms with Gasteiger partial charge in [-0.25, -0.2) is 0 Å². The molecule has 0 radical (unpaired) electrons. The number of aryl methyl sites for hydroxylation is 1. The summed E-state index contributed by atoms with van der Waals surface area (Å²) in [5.74, 6) is 0. The lowest BCUT2D eigenvalue weighted by Crippen LogP contribution is -2.28. The topological polar surface area (TPSA) is 29.5 Å². The Labute approximate surface area is 101 Å². The SMILES string of the molecule is Cc1ccc(CC2(CO)CCOC2)c(Cl)c1. The molecule has 0 amide bonds. The molecule has 0 aromatic heterocycles. The first-order chi connectivity index (χ1) is 7.65. The van der Waals surface area contributed by atoms with Crippen LogP contribution < -0.4 is 0 Å². The number of aliphatic hydroxyl groups is 1. The van der Waals surface area contributed by atoms with Gasteiger partial charge in [0.2, 0.25) is 0 Å². The molecule has 1 aliphatic heterocycles. The van der Waals surface area contributed by atoms with Crippen molar-refractivity contribution >= 4 is 11.6 Å². The maximum Gasteiger partial charge on any atom is 0.0548 e. The highest BCUT2D eigenvalue weighted by atomic mass is 35.5. The van der Waals surface area contributed by atoms with Gasteiger partial charge in [-0.05, 0) is 37.0 Å². The second kappa shape index (κ2) is 4.74. The molecular weight excluding hydrogens is 224 g/mol. The van der Waals surface area contributed by atoms with Crippen LogP contribution in [0.1, 0.15) is 17.5 Å². The predicted octanol–water partition coefficient (Wildman–Crippen LogP) is 2.59. The molecule has 1 aromatic rings. The van der Waals surface area contributed by atoms with Gasteiger partial charge >= 0.3 is 0 Å². The van der Waals surface area contributed by atoms with Crippen molar-refractivity contribution in [1.82, 2.24) is 0 Å². The molecule has 3 heteroatoms. The number of hydrogen-bond donors (Lipinski definition) is 1. The second-order valence-corrected chi connectivity index (χ2v) is 5.14. The van der Waals surface area contributed by atoms with Gasteiger partial charge in [-0.1, -0.05) is 23.7 Å². The fraction of sp³-hybridized carbons (Fsp3) is 0.538. The summed E-state index contributed by atoms with van der Waals surface area (Å²) in [6.07, 6.45) is 1.70. The number of halogens is 1. The van der Waals surface area contributed by atoms with Crippen molar-refractivity contribution in [2.24, 2.45) is 5.41 Å². The van der Waals surface area contributed by atoms with E-state index in [0.717, 1.165) is 35.6 Å². The second-order valence-electron chi connectivity index (χ2n) is 4.73. The summed E-state index contributed by atoms with van der Waals surface area (Å²) < 4.78 is 5.38. The summed E-state index contributed by atoms with van der Waals surface area (Å²) in [5.41, 5.74) is 2.14. The molecule has 2 nitrogen and oxygen atoms in total. The van der Waals surface area contributed by atoms with E-state index in [-0.39, 0.29) is 12.0 Å². The van der Waals surface area contributed by atoms with Crippen LogP contribution in [-0.2, 0) is 11.2 Å². The number of rotatable bonds is 3. The summed E-state index contributed by atoms with van der Waals surface area (Å²) in [6.45, 7) is 3.56. The molecule has 0 spiro atoms. The zero-order valence-electron chi connectivity index (χ0n) is 9.50. The molecule has 1 heterocycles. The number of aliphatic hydroxyl groups excluding tert-OH is 1. The Kier molecular flexibility index (Phi) is 3.53. The van der Waals surface area contributed by atoms with Gasteiger partial charge in [-0.3, -0.25) is 0 Å². The number of hydrogen-bond acceptors (Lipinski definition) is 2. The van der Waals surface area contributed by atoms with Crippen molar-refractivity contribution in [3.8, 4) is 0 Å². The monoisotopic (exact) mass is 240 g/mol. The first-order valence-electron chi connectivity index (χ1n) is 5.59. The standard InChI is InChI=1S/C13H17ClO2/c1-10-2-3-11(12(14)6-10)7-13(8-15)4-5-16-9-13/h2-3,6,15H,4-5,7-9H2,1H3. The Bertz CT molecular complexity index is 370. The molecule has 1 atom stereocenters. The van der Waals surface area contributed by atoms with Gasteiger partial charge in [-0.15, -0.1) is 0 Å². The smallest absolute Gasteiger partial charge is 0.0548 e. The van der Waals surface area contributed by atoms with E-state index in [1.807, 2.05) is 19.1 Å². The Morgan fingerprint density at radius 1 is 1.50 bits per heavy atom. The van der Waals surface area contributed by atoms with Crippen LogP contribution in [0.4, 0.5) is 0 Å². The Hall–Kier alpha value is -0.570. The van der Waals surface area contributed by atoms with Crippen LogP contribution in [0.25, 0.3) is 0 Å². The van der Waals surface area contributed by atoms with Crippen molar-refractivity contribution in [1.29, 1.82) is 0 Å². The molecule has 1 fully saturated rings. The van der Waals surface area contributed by atoms with Gasteiger partial charge < -0.3 is 9.84 Å². The lowest BCUT2D eigenvalue weighted by Gasteiger charge is -2.25. The molecule has 1 N–H and O–H groups in total. The fourth-order valence-electron chi connectivity index (χ4n) is 2.17. The van der Waals surface area contributed by atoms with Gasteiger partial charge in [-0.2, -0.15) is 0 Å². The van der Waals surface area contributed by atoms with Gasteiger partial charge in [0.15, 0.2) is 0 Å². The van der Waals surface area contributed by atoms with Crippen LogP contribution in [0.3, 0.4) is 0 Å². The molecule has 1 unspecified atom stereocenters. The van der Waals surface area contributed by atoms with Crippen LogP contribution in [0.15, 0.2) is 18.2 Å². The minimum atomic E-state index is -0.126. The van der Waals surface area contributed by atoms with Crippen molar-refractivity contribution in [2.75, 3.05) is 19.8 Å². The van der Waals surface area contributed by atoms with Crippen LogP contribution >= 0.6 is 11.6 Å². The third-order valence-electron chi connectivity index (χ3n) is 3.29. The zero-order valence-corrected chi connectivity index (χ0v) is 10.3. The largest absolute Gasteiger partial charge is 0.396 e. The summed E-state index contributed by atoms with van der Waals surface area (Å²) >= 11 is 6.20. The summed E-state index contributed by atoms with van der Waals surface area (Å²) in [7, 11) is 0. The Morgan fingerprint density at radius 3 is 2.88 bits per heavy atom. The number of ether oxygens (including phenoxy) is 1. The normalized spacial score (nSPS) is 24.9. The highest BCUT2D eigenvalue weighted by Crippen LogP contribution is 2.34. The van der Waals surface area contributed by atoms with Crippen molar-refractivity contribution in [3.63, 3.8) is 0 Å². The lowest BCUT2D eigenvalue weighted by atomic mass is 9.81. The fourth-order valence-corrected chi connectivity index (χ4v) is 2.47. The molecule has 0 aliphatic carbocycles. The van der Waals surface area contributed by atoms with E-state index in [0.29, 0.717) is 6.61 Å². The average Bonchev–Trinajstić information content (AvgIpc) is 2.72. The van der Waals surface area contributed by atoms with E-state index in [1.54, 1.807) is 0 Å². The van der Waals surface area contributed by atoms with Gasteiger partial charge in [0, 0.05) is 17.0 Å². The van der Waals surface area contributed by atoms with Gasteiger partial charge in [0.1, 0.15) is 0 Å². The molecule has 0 saturated carbocycles. The molecule has 2 rings (SSSR count). The van der Waals surface area contributed by atoms with E-state index in [4.69, 9.17) is 16.3 Å². The van der Waals surface area contributed by atoms with Crippen LogP contribution in [0.2, 0.25) is 5.02 Å². The van der Waals surface area contributed by atoms with Crippen LogP contribution in [-0.4, -0.2) is 24.9 Å². The van der Waals surface area contributed by atoms with E-state index in [9.17, 15) is 5.11 Å². The quantitative estimate of drug-likeness (QED) is 0.880. The maximum atomic E-state index is 9.50. The van der Waals surface area contributed by atoms with Crippen molar-refractivity contribution in [3.05, 3.63) is 34.3 Å². The maximum absolute atomic E-state index is 9.50. The molecule has 1 aromatic carbocycles. The Morgan fingerprint density at radius 2 is 2.31 bits per heavy atom. The minimum absolute atomic E-state index is 0.126. The van der Waals surface area contributed by atoms with Crippen LogP contribution in [0.5, 0.6) is 0 Å². The van der Waals surface area contributed by atoms with E-state index in [1.165, 1.54) is 0 Å². The summed E-state index contributed by atoms with van der Waals surface area (Å²) in [6, 6.07) is 6.08. The minimum Gasteiger partial charge on any atom is -0.396 e. The highest BCUT2D eigenvalue weighted by molar-refractivity contribution is 6.31. The highest BCUT2D eigenvalue weighted by Gasteiger charge is 2.34. The summed E-state index contributed by atoms with van der Waals surface area (Å²) in [5, 5.41) is 10.3. The zero-order chi connectivity index (χ0) is 11.6. The third kappa shape index (κ3) is 2.40. The molecule has 0 bridgehead atoms. The predicted molar refractivity (Wildman–Crippen MR) is 64.8 cm³/mol. The van der Waals surface area contributed by atoms with Gasteiger partial charge in [0.05, 0.1) is 13.2 Å². The molecule has 16 heavy (non-hydrogen) atoms. The molecule has 88 valence electrons. The summed E-state index contributed by atoms with van der Waals surface area (Å²) in [4.78, 5) is 0. The van der Waals surface area contributed by atoms with E-state index >= 15 is 0 Å². The average molecular weight is 241 g/mol. The molecule has 1 aliphatic rings. The van der Waals surface area contributed by atoms with Crippen molar-refractivity contribution in [2.45, 2.75) is 19.8 Å². The van der Waals surface area contributed by atoms with E-state index in [2.05, 4.69) is 6.07 Å². The van der Waals surface area contributed by atoms with Crippen molar-refractivity contribution < 1.29 is 9.84 Å². The van der Waals surface area contributed by atoms with Crippen LogP contribution in [0, 0.1) is 12.3 Å². The first kappa shape index (κ1) is 11.9. The Balaban J connectivity index is 2.19. The molecule has 1 saturated heterocycles. The third-order valence-corrected chi connectivity index (χ3v) is 3.65. The molecular formula is C13H17ClO2. The van der Waals surface area contributed by atoms with E-state index < -0.39 is 0 Å². The first-order valence-corrected chi connectivity index (χ1v) is 5.97. The van der Waals surface area contributed by atoms with Gasteiger partial charge in [0.25, 0.3) is 0 Å². The lowest BCUT2D eigenvalue weighted by molar-refractivity contribution is 0.0935. The number of benzene rings is 1.